The van der Waals surface area contributed by atoms with Gasteiger partial charge in [0.05, 0.1) is 19.3 Å². The summed E-state index contributed by atoms with van der Waals surface area (Å²) >= 11 is 0. The second-order valence-electron chi connectivity index (χ2n) is 5.99. The zero-order valence-corrected chi connectivity index (χ0v) is 13.3. The SMILES string of the molecule is CCOC1CC(CCNc2cc(N3CCOCC3)ncn2)C1. The normalized spacial score (nSPS) is 24.9. The Morgan fingerprint density at radius 2 is 2.14 bits per heavy atom. The number of morpholine rings is 1. The molecule has 1 aromatic rings. The maximum atomic E-state index is 5.60. The van der Waals surface area contributed by atoms with Crippen LogP contribution in [0.3, 0.4) is 0 Å². The summed E-state index contributed by atoms with van der Waals surface area (Å²) in [6.45, 7) is 7.21. The highest BCUT2D eigenvalue weighted by Crippen LogP contribution is 2.32. The van der Waals surface area contributed by atoms with E-state index >= 15 is 0 Å². The summed E-state index contributed by atoms with van der Waals surface area (Å²) < 4.78 is 11.0. The van der Waals surface area contributed by atoms with Crippen LogP contribution in [0.25, 0.3) is 0 Å². The summed E-state index contributed by atoms with van der Waals surface area (Å²) in [5.41, 5.74) is 0. The number of nitrogens with zero attached hydrogens (tertiary/aromatic N) is 3. The van der Waals surface area contributed by atoms with Crippen molar-refractivity contribution in [3.8, 4) is 0 Å². The van der Waals surface area contributed by atoms with Crippen molar-refractivity contribution in [2.75, 3.05) is 49.7 Å². The maximum absolute atomic E-state index is 5.60. The van der Waals surface area contributed by atoms with Gasteiger partial charge in [-0.15, -0.1) is 0 Å². The van der Waals surface area contributed by atoms with Crippen LogP contribution in [0.15, 0.2) is 12.4 Å². The van der Waals surface area contributed by atoms with Crippen molar-refractivity contribution >= 4 is 11.6 Å². The molecular weight excluding hydrogens is 280 g/mol. The van der Waals surface area contributed by atoms with E-state index in [1.807, 2.05) is 6.07 Å². The smallest absolute Gasteiger partial charge is 0.134 e. The average Bonchev–Trinajstić information content (AvgIpc) is 2.53. The van der Waals surface area contributed by atoms with E-state index in [-0.39, 0.29) is 0 Å². The van der Waals surface area contributed by atoms with Gasteiger partial charge in [0, 0.05) is 32.3 Å². The van der Waals surface area contributed by atoms with E-state index in [1.165, 1.54) is 19.3 Å². The Kier molecular flexibility index (Phi) is 5.45. The molecule has 2 heterocycles. The van der Waals surface area contributed by atoms with Crippen LogP contribution in [0.2, 0.25) is 0 Å². The molecule has 1 saturated heterocycles. The molecule has 0 spiro atoms. The molecule has 6 nitrogen and oxygen atoms in total. The molecule has 22 heavy (non-hydrogen) atoms. The van der Waals surface area contributed by atoms with Gasteiger partial charge in [0.1, 0.15) is 18.0 Å². The summed E-state index contributed by atoms with van der Waals surface area (Å²) in [5.74, 6) is 2.70. The van der Waals surface area contributed by atoms with Gasteiger partial charge in [0.2, 0.25) is 0 Å². The Balaban J connectivity index is 1.41. The Bertz CT molecular complexity index is 459. The van der Waals surface area contributed by atoms with Crippen LogP contribution in [-0.2, 0) is 9.47 Å². The summed E-state index contributed by atoms with van der Waals surface area (Å²) in [5, 5.41) is 3.42. The van der Waals surface area contributed by atoms with Gasteiger partial charge < -0.3 is 19.7 Å². The van der Waals surface area contributed by atoms with Crippen LogP contribution in [0.1, 0.15) is 26.2 Å². The van der Waals surface area contributed by atoms with E-state index in [1.54, 1.807) is 6.33 Å². The molecule has 0 atom stereocenters. The molecule has 0 radical (unpaired) electrons. The van der Waals surface area contributed by atoms with Crippen LogP contribution in [0.4, 0.5) is 11.6 Å². The molecule has 1 aromatic heterocycles. The van der Waals surface area contributed by atoms with Crippen molar-refractivity contribution in [2.45, 2.75) is 32.3 Å². The Morgan fingerprint density at radius 3 is 2.91 bits per heavy atom. The number of nitrogens with one attached hydrogen (secondary N) is 1. The lowest BCUT2D eigenvalue weighted by atomic mass is 9.80. The first-order chi connectivity index (χ1) is 10.8. The third-order valence-electron chi connectivity index (χ3n) is 4.44. The molecule has 3 rings (SSSR count). The lowest BCUT2D eigenvalue weighted by Crippen LogP contribution is -2.36. The highest BCUT2D eigenvalue weighted by Gasteiger charge is 2.28. The van der Waals surface area contributed by atoms with Crippen LogP contribution in [0, 0.1) is 5.92 Å². The van der Waals surface area contributed by atoms with Gasteiger partial charge in [-0.2, -0.15) is 0 Å². The topological polar surface area (TPSA) is 59.5 Å². The van der Waals surface area contributed by atoms with E-state index < -0.39 is 0 Å². The number of ether oxygens (including phenoxy) is 2. The average molecular weight is 306 g/mol. The first kappa shape index (κ1) is 15.5. The van der Waals surface area contributed by atoms with Gasteiger partial charge in [0.15, 0.2) is 0 Å². The minimum absolute atomic E-state index is 0.502. The minimum Gasteiger partial charge on any atom is -0.378 e. The zero-order chi connectivity index (χ0) is 15.2. The van der Waals surface area contributed by atoms with Gasteiger partial charge in [-0.25, -0.2) is 9.97 Å². The molecule has 1 saturated carbocycles. The van der Waals surface area contributed by atoms with Crippen LogP contribution in [-0.4, -0.2) is 55.5 Å². The van der Waals surface area contributed by atoms with E-state index in [9.17, 15) is 0 Å². The maximum Gasteiger partial charge on any atom is 0.134 e. The highest BCUT2D eigenvalue weighted by molar-refractivity contribution is 5.48. The fourth-order valence-electron chi connectivity index (χ4n) is 3.10. The van der Waals surface area contributed by atoms with Gasteiger partial charge in [-0.1, -0.05) is 0 Å². The number of rotatable bonds is 7. The zero-order valence-electron chi connectivity index (χ0n) is 13.3. The fourth-order valence-corrected chi connectivity index (χ4v) is 3.10. The summed E-state index contributed by atoms with van der Waals surface area (Å²) in [4.78, 5) is 10.9. The monoisotopic (exact) mass is 306 g/mol. The van der Waals surface area contributed by atoms with Crippen molar-refractivity contribution in [1.29, 1.82) is 0 Å². The fraction of sp³-hybridized carbons (Fsp3) is 0.750. The van der Waals surface area contributed by atoms with Crippen molar-refractivity contribution in [2.24, 2.45) is 5.92 Å². The van der Waals surface area contributed by atoms with Crippen LogP contribution in [0.5, 0.6) is 0 Å². The summed E-state index contributed by atoms with van der Waals surface area (Å²) in [7, 11) is 0. The first-order valence-corrected chi connectivity index (χ1v) is 8.35. The number of aromatic nitrogens is 2. The Labute approximate surface area is 132 Å². The van der Waals surface area contributed by atoms with Crippen molar-refractivity contribution in [3.05, 3.63) is 12.4 Å². The minimum atomic E-state index is 0.502. The molecule has 0 unspecified atom stereocenters. The molecule has 0 bridgehead atoms. The van der Waals surface area contributed by atoms with Crippen molar-refractivity contribution in [3.63, 3.8) is 0 Å². The Morgan fingerprint density at radius 1 is 1.32 bits per heavy atom. The van der Waals surface area contributed by atoms with Crippen molar-refractivity contribution < 1.29 is 9.47 Å². The molecule has 2 aliphatic rings. The van der Waals surface area contributed by atoms with Gasteiger partial charge in [-0.3, -0.25) is 0 Å². The van der Waals surface area contributed by atoms with Crippen LogP contribution >= 0.6 is 0 Å². The summed E-state index contributed by atoms with van der Waals surface area (Å²) in [6.07, 6.45) is 5.74. The largest absolute Gasteiger partial charge is 0.378 e. The predicted molar refractivity (Wildman–Crippen MR) is 86.3 cm³/mol. The van der Waals surface area contributed by atoms with E-state index in [0.717, 1.165) is 57.0 Å². The lowest BCUT2D eigenvalue weighted by Gasteiger charge is -2.35. The second kappa shape index (κ2) is 7.74. The quantitative estimate of drug-likeness (QED) is 0.830. The van der Waals surface area contributed by atoms with Gasteiger partial charge in [-0.05, 0) is 32.1 Å². The number of hydrogen-bond donors (Lipinski definition) is 1. The van der Waals surface area contributed by atoms with E-state index in [0.29, 0.717) is 6.10 Å². The lowest BCUT2D eigenvalue weighted by molar-refractivity contribution is -0.0255. The van der Waals surface area contributed by atoms with Crippen LogP contribution < -0.4 is 10.2 Å². The third-order valence-corrected chi connectivity index (χ3v) is 4.44. The molecular formula is C16H26N4O2. The number of anilines is 2. The molecule has 0 aromatic carbocycles. The first-order valence-electron chi connectivity index (χ1n) is 8.35. The summed E-state index contributed by atoms with van der Waals surface area (Å²) in [6, 6.07) is 2.04. The number of hydrogen-bond acceptors (Lipinski definition) is 6. The van der Waals surface area contributed by atoms with E-state index in [2.05, 4.69) is 27.1 Å². The molecule has 1 aliphatic carbocycles. The predicted octanol–water partition coefficient (Wildman–Crippen LogP) is 1.93. The van der Waals surface area contributed by atoms with Gasteiger partial charge in [0.25, 0.3) is 0 Å². The molecule has 1 aliphatic heterocycles. The molecule has 122 valence electrons. The second-order valence-corrected chi connectivity index (χ2v) is 5.99. The molecule has 6 heteroatoms. The van der Waals surface area contributed by atoms with E-state index in [4.69, 9.17) is 9.47 Å². The molecule has 1 N–H and O–H groups in total. The molecule has 2 fully saturated rings. The third kappa shape index (κ3) is 4.08. The van der Waals surface area contributed by atoms with Gasteiger partial charge >= 0.3 is 0 Å². The highest BCUT2D eigenvalue weighted by atomic mass is 16.5. The standard InChI is InChI=1S/C16H26N4O2/c1-2-22-14-9-13(10-14)3-4-17-15-11-16(19-12-18-15)20-5-7-21-8-6-20/h11-14H,2-10H2,1H3,(H,17,18,19). The van der Waals surface area contributed by atoms with Crippen molar-refractivity contribution in [1.82, 2.24) is 9.97 Å². The Hall–Kier alpha value is -1.40. The molecule has 0 amide bonds.